The fourth-order valence-corrected chi connectivity index (χ4v) is 5.14. The summed E-state index contributed by atoms with van der Waals surface area (Å²) in [7, 11) is -9.26. The van der Waals surface area contributed by atoms with Crippen molar-refractivity contribution >= 4 is 47.5 Å². The first kappa shape index (κ1) is 21.5. The Labute approximate surface area is 182 Å². The van der Waals surface area contributed by atoms with Gasteiger partial charge in [0.2, 0.25) is 0 Å². The first-order valence-electron chi connectivity index (χ1n) is 9.02. The minimum Gasteiger partial charge on any atom is -0.282 e. The monoisotopic (exact) mass is 476 g/mol. The first-order chi connectivity index (χ1) is 14.5. The third-order valence-corrected chi connectivity index (χ3v) is 7.45. The zero-order valence-electron chi connectivity index (χ0n) is 16.0. The summed E-state index contributed by atoms with van der Waals surface area (Å²) in [5, 5.41) is 0.326. The van der Waals surface area contributed by atoms with Gasteiger partial charge in [0.1, 0.15) is 4.90 Å². The molecule has 0 saturated carbocycles. The fraction of sp³-hybridized carbons (Fsp3) is 0.100. The lowest BCUT2D eigenvalue weighted by molar-refractivity contribution is 0.478. The summed E-state index contributed by atoms with van der Waals surface area (Å²) in [6.07, 6.45) is 0.900. The number of fused-ring (bicyclic) bond motifs is 2. The molecule has 0 fully saturated rings. The van der Waals surface area contributed by atoms with E-state index in [-0.39, 0.29) is 5.69 Å². The Morgan fingerprint density at radius 1 is 0.935 bits per heavy atom. The molecule has 0 amide bonds. The lowest BCUT2D eigenvalue weighted by atomic mass is 10.1. The van der Waals surface area contributed by atoms with E-state index in [2.05, 4.69) is 16.9 Å². The largest absolute Gasteiger partial charge is 0.296 e. The van der Waals surface area contributed by atoms with E-state index in [0.29, 0.717) is 5.36 Å². The molecule has 2 N–H and O–H groups in total. The van der Waals surface area contributed by atoms with E-state index in [0.717, 1.165) is 45.4 Å². The average Bonchev–Trinajstić information content (AvgIpc) is 2.70. The first-order valence-corrected chi connectivity index (χ1v) is 12.7. The molecule has 160 valence electrons. The summed E-state index contributed by atoms with van der Waals surface area (Å²) in [5.41, 5.74) is 2.46. The second kappa shape index (κ2) is 7.77. The Bertz CT molecular complexity index is 1570. The Kier molecular flexibility index (Phi) is 5.40. The molecule has 2 aromatic rings. The molecular weight excluding hydrogens is 460 g/mol. The van der Waals surface area contributed by atoms with Crippen LogP contribution in [0.2, 0.25) is 0 Å². The zero-order chi connectivity index (χ0) is 22.4. The highest BCUT2D eigenvalue weighted by Gasteiger charge is 2.19. The highest BCUT2D eigenvalue weighted by atomic mass is 32.2. The van der Waals surface area contributed by atoms with Crippen LogP contribution in [0.15, 0.2) is 69.4 Å². The van der Waals surface area contributed by atoms with Crippen LogP contribution in [-0.2, 0) is 26.7 Å². The molecule has 0 atom stereocenters. The van der Waals surface area contributed by atoms with Crippen LogP contribution in [-0.4, -0.2) is 30.9 Å². The van der Waals surface area contributed by atoms with Gasteiger partial charge in [-0.15, -0.1) is 11.3 Å². The van der Waals surface area contributed by atoms with Gasteiger partial charge in [-0.3, -0.25) is 9.11 Å². The van der Waals surface area contributed by atoms with E-state index < -0.39 is 30.0 Å². The van der Waals surface area contributed by atoms with E-state index in [1.54, 1.807) is 18.2 Å². The summed E-state index contributed by atoms with van der Waals surface area (Å²) >= 11 is 1.49. The minimum absolute atomic E-state index is 0.316. The zero-order valence-corrected chi connectivity index (χ0v) is 18.5. The van der Waals surface area contributed by atoms with E-state index in [1.165, 1.54) is 16.9 Å². The molecule has 31 heavy (non-hydrogen) atoms. The summed E-state index contributed by atoms with van der Waals surface area (Å²) < 4.78 is 66.0. The van der Waals surface area contributed by atoms with Gasteiger partial charge < -0.3 is 0 Å². The average molecular weight is 477 g/mol. The van der Waals surface area contributed by atoms with Crippen LogP contribution in [0, 0.1) is 0 Å². The van der Waals surface area contributed by atoms with E-state index in [4.69, 9.17) is 0 Å². The topological polar surface area (TPSA) is 134 Å². The SMILES string of the molecule is CCc1ccc2sc3cc(=Nc4cc(S(=O)(=O)O)ccc4S(=O)(=O)O)ccc-3nc2c1. The second-order valence-electron chi connectivity index (χ2n) is 6.71. The van der Waals surface area contributed by atoms with Crippen LogP contribution >= 0.6 is 11.3 Å². The van der Waals surface area contributed by atoms with Gasteiger partial charge in [-0.1, -0.05) is 13.0 Å². The summed E-state index contributed by atoms with van der Waals surface area (Å²) in [6, 6.07) is 13.7. The molecule has 0 saturated heterocycles. The maximum atomic E-state index is 11.7. The van der Waals surface area contributed by atoms with Crippen LogP contribution < -0.4 is 5.36 Å². The molecule has 2 aliphatic rings. The smallest absolute Gasteiger partial charge is 0.282 e. The molecule has 0 unspecified atom stereocenters. The highest BCUT2D eigenvalue weighted by molar-refractivity contribution is 7.86. The predicted octanol–water partition coefficient (Wildman–Crippen LogP) is 3.69. The molecule has 1 heterocycles. The second-order valence-corrected chi connectivity index (χ2v) is 10.6. The van der Waals surface area contributed by atoms with Crippen molar-refractivity contribution < 1.29 is 25.9 Å². The van der Waals surface area contributed by atoms with Crippen LogP contribution in [0.5, 0.6) is 0 Å². The standard InChI is InChI=1S/C20H16N2O6S3/c1-2-12-3-7-18-16(9-12)22-15-6-4-13(10-19(15)29-18)21-17-11-14(30(23,24)25)5-8-20(17)31(26,27)28/h3-11H,2H2,1H3,(H,23,24,25)(H,26,27,28). The highest BCUT2D eigenvalue weighted by Crippen LogP contribution is 2.31. The van der Waals surface area contributed by atoms with Crippen molar-refractivity contribution in [3.05, 3.63) is 65.5 Å². The fourth-order valence-electron chi connectivity index (χ4n) is 3.05. The van der Waals surface area contributed by atoms with Crippen molar-refractivity contribution in [1.29, 1.82) is 0 Å². The molecular formula is C20H16N2O6S3. The lowest BCUT2D eigenvalue weighted by Gasteiger charge is -2.08. The van der Waals surface area contributed by atoms with Crippen molar-refractivity contribution in [2.24, 2.45) is 4.99 Å². The summed E-state index contributed by atoms with van der Waals surface area (Å²) in [6.45, 7) is 2.07. The molecule has 2 aromatic carbocycles. The van der Waals surface area contributed by atoms with Gasteiger partial charge in [0.05, 0.1) is 36.7 Å². The van der Waals surface area contributed by atoms with Crippen LogP contribution in [0.25, 0.3) is 20.8 Å². The third kappa shape index (κ3) is 4.50. The van der Waals surface area contributed by atoms with Crippen LogP contribution in [0.3, 0.4) is 0 Å². The van der Waals surface area contributed by atoms with Crippen LogP contribution in [0.1, 0.15) is 12.5 Å². The molecule has 0 radical (unpaired) electrons. The number of nitrogens with zero attached hydrogens (tertiary/aromatic N) is 2. The molecule has 1 aliphatic carbocycles. The Hall–Kier alpha value is -2.70. The molecule has 4 rings (SSSR count). The Morgan fingerprint density at radius 3 is 2.39 bits per heavy atom. The molecule has 0 bridgehead atoms. The number of hydrogen-bond acceptors (Lipinski definition) is 7. The number of aromatic nitrogens is 1. The summed E-state index contributed by atoms with van der Waals surface area (Å²) in [4.78, 5) is 8.53. The molecule has 0 spiro atoms. The molecule has 8 nitrogen and oxygen atoms in total. The van der Waals surface area contributed by atoms with E-state index in [1.807, 2.05) is 18.2 Å². The quantitative estimate of drug-likeness (QED) is 0.339. The number of aryl methyl sites for hydroxylation is 1. The summed E-state index contributed by atoms with van der Waals surface area (Å²) in [5.74, 6) is 0. The van der Waals surface area contributed by atoms with E-state index in [9.17, 15) is 25.9 Å². The molecule has 0 aromatic heterocycles. The molecule has 11 heteroatoms. The van der Waals surface area contributed by atoms with E-state index >= 15 is 0 Å². The Balaban J connectivity index is 1.93. The maximum absolute atomic E-state index is 11.7. The van der Waals surface area contributed by atoms with Crippen LogP contribution in [0.4, 0.5) is 5.69 Å². The van der Waals surface area contributed by atoms with Crippen molar-refractivity contribution in [2.45, 2.75) is 23.1 Å². The van der Waals surface area contributed by atoms with Crippen molar-refractivity contribution in [2.75, 3.05) is 0 Å². The number of benzene rings is 3. The number of hydrogen-bond donors (Lipinski definition) is 2. The normalized spacial score (nSPS) is 13.2. The lowest BCUT2D eigenvalue weighted by Crippen LogP contribution is -2.05. The van der Waals surface area contributed by atoms with Gasteiger partial charge in [0.15, 0.2) is 0 Å². The van der Waals surface area contributed by atoms with Gasteiger partial charge in [0, 0.05) is 0 Å². The van der Waals surface area contributed by atoms with Crippen molar-refractivity contribution in [3.8, 4) is 10.6 Å². The van der Waals surface area contributed by atoms with Gasteiger partial charge in [0.25, 0.3) is 20.2 Å². The van der Waals surface area contributed by atoms with Crippen molar-refractivity contribution in [1.82, 2.24) is 4.98 Å². The van der Waals surface area contributed by atoms with Gasteiger partial charge >= 0.3 is 0 Å². The van der Waals surface area contributed by atoms with Crippen molar-refractivity contribution in [3.63, 3.8) is 0 Å². The number of rotatable bonds is 4. The van der Waals surface area contributed by atoms with Gasteiger partial charge in [-0.25, -0.2) is 9.98 Å². The third-order valence-electron chi connectivity index (χ3n) is 4.59. The molecule has 1 aliphatic heterocycles. The minimum atomic E-state index is -4.67. The predicted molar refractivity (Wildman–Crippen MR) is 117 cm³/mol. The Morgan fingerprint density at radius 2 is 1.71 bits per heavy atom. The van der Waals surface area contributed by atoms with Gasteiger partial charge in [-0.2, -0.15) is 16.8 Å². The van der Waals surface area contributed by atoms with Gasteiger partial charge in [-0.05, 0) is 60.5 Å². The maximum Gasteiger partial charge on any atom is 0.296 e.